The van der Waals surface area contributed by atoms with Crippen molar-refractivity contribution in [1.29, 1.82) is 0 Å². The van der Waals surface area contributed by atoms with Crippen LogP contribution in [0.25, 0.3) is 5.57 Å². The third kappa shape index (κ3) is 13.6. The summed E-state index contributed by atoms with van der Waals surface area (Å²) in [5, 5.41) is 0. The number of rotatable bonds is 14. The molecule has 236 valence electrons. The first-order valence-electron chi connectivity index (χ1n) is 15.6. The second-order valence-corrected chi connectivity index (χ2v) is 11.0. The van der Waals surface area contributed by atoms with Crippen LogP contribution in [-0.4, -0.2) is 50.6 Å². The van der Waals surface area contributed by atoms with E-state index in [2.05, 4.69) is 92.1 Å². The SMILES string of the molecule is C=C/C(=C\N=C(C)c1ccc(CC(N)C(=C)N2CC(/C=C\C)C2)cc1)c1ccc(OCCCC(C)C)cc1.CC.COC. The molecule has 5 nitrogen and oxygen atoms in total. The van der Waals surface area contributed by atoms with E-state index in [9.17, 15) is 0 Å². The molecule has 1 saturated heterocycles. The molecule has 2 aromatic rings. The molecule has 1 heterocycles. The molecule has 5 heteroatoms. The molecule has 3 rings (SSSR count). The number of benzene rings is 2. The highest BCUT2D eigenvalue weighted by molar-refractivity contribution is 5.99. The molecule has 1 atom stereocenters. The van der Waals surface area contributed by atoms with Crippen molar-refractivity contribution in [3.05, 3.63) is 109 Å². The van der Waals surface area contributed by atoms with Crippen molar-refractivity contribution in [2.75, 3.05) is 33.9 Å². The lowest BCUT2D eigenvalue weighted by Crippen LogP contribution is -2.49. The minimum atomic E-state index is -0.0721. The number of hydrogen-bond donors (Lipinski definition) is 1. The van der Waals surface area contributed by atoms with Gasteiger partial charge in [-0.15, -0.1) is 0 Å². The maximum Gasteiger partial charge on any atom is 0.119 e. The number of nitrogens with zero attached hydrogens (tertiary/aromatic N) is 2. The quantitative estimate of drug-likeness (QED) is 0.104. The van der Waals surface area contributed by atoms with Crippen molar-refractivity contribution >= 4 is 11.3 Å². The molecule has 1 aliphatic heterocycles. The van der Waals surface area contributed by atoms with Crippen LogP contribution in [-0.2, 0) is 11.2 Å². The number of hydrogen-bond acceptors (Lipinski definition) is 5. The molecule has 0 radical (unpaired) electrons. The van der Waals surface area contributed by atoms with Gasteiger partial charge in [-0.2, -0.15) is 0 Å². The molecule has 2 aromatic carbocycles. The van der Waals surface area contributed by atoms with E-state index in [1.54, 1.807) is 14.2 Å². The number of aliphatic imine (C=N–C) groups is 1. The summed E-state index contributed by atoms with van der Waals surface area (Å²) in [5.74, 6) is 2.23. The van der Waals surface area contributed by atoms with Gasteiger partial charge in [0.15, 0.2) is 0 Å². The Morgan fingerprint density at radius 1 is 1.05 bits per heavy atom. The Balaban J connectivity index is 0.00000174. The molecule has 0 bridgehead atoms. The highest BCUT2D eigenvalue weighted by atomic mass is 16.5. The van der Waals surface area contributed by atoms with Crippen molar-refractivity contribution in [2.24, 2.45) is 22.6 Å². The topological polar surface area (TPSA) is 60.1 Å². The Morgan fingerprint density at radius 2 is 1.63 bits per heavy atom. The zero-order chi connectivity index (χ0) is 32.2. The average Bonchev–Trinajstić information content (AvgIpc) is 2.99. The van der Waals surface area contributed by atoms with E-state index in [4.69, 9.17) is 15.5 Å². The minimum Gasteiger partial charge on any atom is -0.494 e. The average molecular weight is 588 g/mol. The fraction of sp³-hybridized carbons (Fsp3) is 0.447. The van der Waals surface area contributed by atoms with E-state index in [0.717, 1.165) is 66.4 Å². The number of nitrogens with two attached hydrogens (primary N) is 1. The molecule has 0 spiro atoms. The summed E-state index contributed by atoms with van der Waals surface area (Å²) >= 11 is 0. The first kappa shape index (κ1) is 37.6. The fourth-order valence-corrected chi connectivity index (χ4v) is 4.54. The number of methoxy groups -OCH3 is 1. The normalized spacial score (nSPS) is 14.3. The molecule has 1 fully saturated rings. The van der Waals surface area contributed by atoms with Crippen LogP contribution >= 0.6 is 0 Å². The Kier molecular flexibility index (Phi) is 18.6. The van der Waals surface area contributed by atoms with Crippen LogP contribution in [0, 0.1) is 11.8 Å². The molecule has 0 aromatic heterocycles. The van der Waals surface area contributed by atoms with Crippen molar-refractivity contribution in [3.8, 4) is 5.75 Å². The van der Waals surface area contributed by atoms with E-state index in [0.29, 0.717) is 11.8 Å². The van der Waals surface area contributed by atoms with Gasteiger partial charge in [-0.25, -0.2) is 0 Å². The summed E-state index contributed by atoms with van der Waals surface area (Å²) in [6.45, 7) is 23.6. The van der Waals surface area contributed by atoms with Crippen LogP contribution < -0.4 is 10.5 Å². The third-order valence-corrected chi connectivity index (χ3v) is 7.04. The molecule has 1 aliphatic rings. The van der Waals surface area contributed by atoms with E-state index in [1.807, 2.05) is 45.2 Å². The lowest BCUT2D eigenvalue weighted by molar-refractivity contribution is 0.168. The van der Waals surface area contributed by atoms with Gasteiger partial charge in [0.2, 0.25) is 0 Å². The van der Waals surface area contributed by atoms with Crippen molar-refractivity contribution < 1.29 is 9.47 Å². The Morgan fingerprint density at radius 3 is 2.16 bits per heavy atom. The molecule has 1 unspecified atom stereocenters. The van der Waals surface area contributed by atoms with Crippen LogP contribution in [0.15, 0.2) is 96.8 Å². The van der Waals surface area contributed by atoms with Crippen molar-refractivity contribution in [1.82, 2.24) is 4.90 Å². The van der Waals surface area contributed by atoms with Crippen LogP contribution in [0.5, 0.6) is 5.75 Å². The summed E-state index contributed by atoms with van der Waals surface area (Å²) in [6.07, 6.45) is 11.1. The standard InChI is InChI=1S/C34H45N3O.C2H6O.C2H6/c1-7-10-29-23-37(24-29)27(6)34(35)21-28-12-14-31(15-13-28)26(5)36-22-30(8-2)32-16-18-33(19-17-32)38-20-9-11-25(3)4;1-3-2;1-2/h7-8,10,12-19,22,25,29,34H,2,6,9,11,20-21,23-24,35H2,1,3-5H3;1-2H3;1-2H3/b10-7-,30-22+,36-26?;;. The number of likely N-dealkylation sites (tertiary alicyclic amines) is 1. The van der Waals surface area contributed by atoms with Gasteiger partial charge in [0, 0.05) is 56.9 Å². The van der Waals surface area contributed by atoms with Gasteiger partial charge in [0.05, 0.1) is 6.61 Å². The highest BCUT2D eigenvalue weighted by Crippen LogP contribution is 2.24. The summed E-state index contributed by atoms with van der Waals surface area (Å²) in [6, 6.07) is 16.6. The van der Waals surface area contributed by atoms with E-state index >= 15 is 0 Å². The van der Waals surface area contributed by atoms with E-state index in [-0.39, 0.29) is 6.04 Å². The molecule has 0 aliphatic carbocycles. The van der Waals surface area contributed by atoms with Crippen LogP contribution in [0.4, 0.5) is 0 Å². The maximum absolute atomic E-state index is 6.47. The predicted molar refractivity (Wildman–Crippen MR) is 188 cm³/mol. The molecule has 43 heavy (non-hydrogen) atoms. The maximum atomic E-state index is 6.47. The predicted octanol–water partition coefficient (Wildman–Crippen LogP) is 8.72. The van der Waals surface area contributed by atoms with E-state index in [1.165, 1.54) is 12.0 Å². The van der Waals surface area contributed by atoms with Crippen LogP contribution in [0.2, 0.25) is 0 Å². The number of allylic oxidation sites excluding steroid dienone is 3. The van der Waals surface area contributed by atoms with Crippen molar-refractivity contribution in [3.63, 3.8) is 0 Å². The van der Waals surface area contributed by atoms with Gasteiger partial charge < -0.3 is 20.1 Å². The van der Waals surface area contributed by atoms with Gasteiger partial charge in [-0.3, -0.25) is 4.99 Å². The van der Waals surface area contributed by atoms with Crippen molar-refractivity contribution in [2.45, 2.75) is 66.8 Å². The monoisotopic (exact) mass is 587 g/mol. The van der Waals surface area contributed by atoms with Crippen LogP contribution in [0.1, 0.15) is 71.1 Å². The summed E-state index contributed by atoms with van der Waals surface area (Å²) in [5.41, 5.74) is 12.8. The minimum absolute atomic E-state index is 0.0721. The van der Waals surface area contributed by atoms with Gasteiger partial charge >= 0.3 is 0 Å². The molecule has 0 saturated carbocycles. The zero-order valence-electron chi connectivity index (χ0n) is 28.1. The molecular weight excluding hydrogens is 530 g/mol. The second-order valence-electron chi connectivity index (χ2n) is 11.0. The lowest BCUT2D eigenvalue weighted by atomic mass is 9.95. The second kappa shape index (κ2) is 21.3. The Bertz CT molecular complexity index is 1150. The van der Waals surface area contributed by atoms with Gasteiger partial charge in [0.1, 0.15) is 5.75 Å². The molecule has 0 amide bonds. The first-order chi connectivity index (χ1) is 20.7. The third-order valence-electron chi connectivity index (χ3n) is 7.04. The first-order valence-corrected chi connectivity index (χ1v) is 15.6. The smallest absolute Gasteiger partial charge is 0.119 e. The summed E-state index contributed by atoms with van der Waals surface area (Å²) < 4.78 is 10.1. The Labute approximate surface area is 262 Å². The largest absolute Gasteiger partial charge is 0.494 e. The van der Waals surface area contributed by atoms with Gasteiger partial charge in [0.25, 0.3) is 0 Å². The van der Waals surface area contributed by atoms with Crippen LogP contribution in [0.3, 0.4) is 0 Å². The van der Waals surface area contributed by atoms with Gasteiger partial charge in [-0.1, -0.05) is 95.5 Å². The Hall–Kier alpha value is -3.41. The summed E-state index contributed by atoms with van der Waals surface area (Å²) in [7, 11) is 3.25. The van der Waals surface area contributed by atoms with Gasteiger partial charge in [-0.05, 0) is 73.4 Å². The highest BCUT2D eigenvalue weighted by Gasteiger charge is 2.27. The summed E-state index contributed by atoms with van der Waals surface area (Å²) in [4.78, 5) is 7.02. The number of ether oxygens (including phenoxy) is 2. The zero-order valence-corrected chi connectivity index (χ0v) is 28.1. The fourth-order valence-electron chi connectivity index (χ4n) is 4.54. The molecular formula is C38H57N3O2. The van der Waals surface area contributed by atoms with E-state index < -0.39 is 0 Å². The molecule has 2 N–H and O–H groups in total. The lowest BCUT2D eigenvalue weighted by Gasteiger charge is -2.42.